The Morgan fingerprint density at radius 3 is 2.50 bits per heavy atom. The lowest BCUT2D eigenvalue weighted by molar-refractivity contribution is -0.190. The zero-order chi connectivity index (χ0) is 10.0. The number of hydrogen-bond donors (Lipinski definition) is 0. The van der Waals surface area contributed by atoms with Crippen molar-refractivity contribution in [2.45, 2.75) is 19.3 Å². The summed E-state index contributed by atoms with van der Waals surface area (Å²) in [5.74, 6) is -0.721. The third kappa shape index (κ3) is 1.62. The van der Waals surface area contributed by atoms with Gasteiger partial charge in [-0.1, -0.05) is 30.3 Å². The van der Waals surface area contributed by atoms with Crippen molar-refractivity contribution >= 4 is 5.97 Å². The molecule has 14 heavy (non-hydrogen) atoms. The molecule has 0 aliphatic heterocycles. The summed E-state index contributed by atoms with van der Waals surface area (Å²) >= 11 is 0. The number of hydrogen-bond acceptors (Lipinski definition) is 2. The second-order valence-corrected chi connectivity index (χ2v) is 3.81. The van der Waals surface area contributed by atoms with Crippen molar-refractivity contribution < 1.29 is 14.3 Å². The first-order valence-corrected chi connectivity index (χ1v) is 4.64. The van der Waals surface area contributed by atoms with E-state index < -0.39 is 11.4 Å². The van der Waals surface area contributed by atoms with Gasteiger partial charge in [-0.25, -0.2) is 4.79 Å². The van der Waals surface area contributed by atoms with Crippen molar-refractivity contribution in [1.82, 2.24) is 0 Å². The highest BCUT2D eigenvalue weighted by Gasteiger charge is 2.51. The molecule has 0 unspecified atom stereocenters. The fraction of sp³-hybridized carbons (Fsp3) is 0.364. The molecule has 0 atom stereocenters. The van der Waals surface area contributed by atoms with Crippen LogP contribution in [0.15, 0.2) is 30.3 Å². The van der Waals surface area contributed by atoms with E-state index >= 15 is 0 Å². The predicted molar refractivity (Wildman–Crippen MR) is 49.0 cm³/mol. The van der Waals surface area contributed by atoms with Crippen molar-refractivity contribution in [2.24, 2.45) is 5.41 Å². The Balaban J connectivity index is 2.08. The van der Waals surface area contributed by atoms with Crippen LogP contribution in [0, 0.1) is 5.41 Å². The maximum absolute atomic E-state index is 11.8. The molecule has 3 heteroatoms. The molecule has 1 aliphatic carbocycles. The summed E-state index contributed by atoms with van der Waals surface area (Å²) in [6, 6.07) is 9.60. The molecule has 2 rings (SSSR count). The van der Waals surface area contributed by atoms with Gasteiger partial charge in [-0.05, 0) is 24.8 Å². The van der Waals surface area contributed by atoms with Gasteiger partial charge in [0.2, 0.25) is 0 Å². The summed E-state index contributed by atoms with van der Waals surface area (Å²) in [7, 11) is 0. The number of rotatable bonds is 3. The molecule has 1 aromatic rings. The average molecular weight is 194 g/mol. The standard InChI is InChI=1S/C11H11FO2/c12-14-10(13)11(6-7-11)8-9-4-2-1-3-5-9/h1-5H,6-8H2. The minimum atomic E-state index is -0.721. The van der Waals surface area contributed by atoms with Crippen LogP contribution in [0.4, 0.5) is 4.53 Å². The van der Waals surface area contributed by atoms with Gasteiger partial charge >= 0.3 is 5.97 Å². The summed E-state index contributed by atoms with van der Waals surface area (Å²) < 4.78 is 11.8. The summed E-state index contributed by atoms with van der Waals surface area (Å²) in [6.07, 6.45) is 2.03. The normalized spacial score (nSPS) is 17.5. The van der Waals surface area contributed by atoms with Gasteiger partial charge in [-0.15, -0.1) is 0 Å². The predicted octanol–water partition coefficient (Wildman–Crippen LogP) is 2.44. The van der Waals surface area contributed by atoms with Gasteiger partial charge < -0.3 is 0 Å². The fourth-order valence-corrected chi connectivity index (χ4v) is 1.67. The Morgan fingerprint density at radius 2 is 2.00 bits per heavy atom. The molecular weight excluding hydrogens is 183 g/mol. The molecule has 0 aromatic heterocycles. The molecule has 1 saturated carbocycles. The molecule has 2 nitrogen and oxygen atoms in total. The Hall–Kier alpha value is -1.38. The maximum atomic E-state index is 11.8. The largest absolute Gasteiger partial charge is 0.355 e. The van der Waals surface area contributed by atoms with Crippen molar-refractivity contribution in [3.05, 3.63) is 35.9 Å². The highest BCUT2D eigenvalue weighted by molar-refractivity contribution is 5.79. The van der Waals surface area contributed by atoms with Crippen LogP contribution < -0.4 is 0 Å². The van der Waals surface area contributed by atoms with Crippen molar-refractivity contribution in [3.63, 3.8) is 0 Å². The Kier molecular flexibility index (Phi) is 2.23. The highest BCUT2D eigenvalue weighted by Crippen LogP contribution is 2.49. The van der Waals surface area contributed by atoms with Gasteiger partial charge in [-0.2, -0.15) is 0 Å². The lowest BCUT2D eigenvalue weighted by Crippen LogP contribution is -2.18. The van der Waals surface area contributed by atoms with Crippen LogP contribution in [0.25, 0.3) is 0 Å². The molecule has 74 valence electrons. The molecule has 0 amide bonds. The van der Waals surface area contributed by atoms with E-state index in [2.05, 4.69) is 4.94 Å². The van der Waals surface area contributed by atoms with Crippen LogP contribution >= 0.6 is 0 Å². The SMILES string of the molecule is O=C(OF)C1(Cc2ccccc2)CC1. The van der Waals surface area contributed by atoms with Crippen LogP contribution in [-0.4, -0.2) is 5.97 Å². The van der Waals surface area contributed by atoms with Gasteiger partial charge in [0, 0.05) is 4.53 Å². The first-order chi connectivity index (χ1) is 6.77. The van der Waals surface area contributed by atoms with Crippen molar-refractivity contribution in [3.8, 4) is 0 Å². The average Bonchev–Trinajstić information content (AvgIpc) is 2.99. The van der Waals surface area contributed by atoms with E-state index in [-0.39, 0.29) is 0 Å². The van der Waals surface area contributed by atoms with E-state index in [4.69, 9.17) is 0 Å². The van der Waals surface area contributed by atoms with Gasteiger partial charge in [-0.3, -0.25) is 4.94 Å². The first-order valence-electron chi connectivity index (χ1n) is 4.64. The summed E-state index contributed by atoms with van der Waals surface area (Å²) in [4.78, 5) is 14.4. The lowest BCUT2D eigenvalue weighted by Gasteiger charge is -2.09. The van der Waals surface area contributed by atoms with Crippen LogP contribution in [0.2, 0.25) is 0 Å². The van der Waals surface area contributed by atoms with Crippen LogP contribution in [-0.2, 0) is 16.2 Å². The van der Waals surface area contributed by atoms with Crippen molar-refractivity contribution in [1.29, 1.82) is 0 Å². The Bertz CT molecular complexity index is 330. The molecule has 1 fully saturated rings. The molecular formula is C11H11FO2. The topological polar surface area (TPSA) is 26.3 Å². The number of carbonyl (C=O) groups excluding carboxylic acids is 1. The summed E-state index contributed by atoms with van der Waals surface area (Å²) in [5, 5.41) is 0. The second-order valence-electron chi connectivity index (χ2n) is 3.81. The molecule has 0 spiro atoms. The van der Waals surface area contributed by atoms with E-state index in [1.165, 1.54) is 0 Å². The van der Waals surface area contributed by atoms with Gasteiger partial charge in [0.25, 0.3) is 0 Å². The third-order valence-electron chi connectivity index (χ3n) is 2.74. The molecule has 0 bridgehead atoms. The number of halogens is 1. The van der Waals surface area contributed by atoms with Crippen LogP contribution in [0.5, 0.6) is 0 Å². The van der Waals surface area contributed by atoms with E-state index in [1.54, 1.807) is 0 Å². The third-order valence-corrected chi connectivity index (χ3v) is 2.74. The van der Waals surface area contributed by atoms with Gasteiger partial charge in [0.15, 0.2) is 0 Å². The van der Waals surface area contributed by atoms with Crippen LogP contribution in [0.3, 0.4) is 0 Å². The van der Waals surface area contributed by atoms with E-state index in [0.717, 1.165) is 18.4 Å². The van der Waals surface area contributed by atoms with Gasteiger partial charge in [0.1, 0.15) is 0 Å². The Labute approximate surface area is 81.6 Å². The zero-order valence-electron chi connectivity index (χ0n) is 7.70. The highest BCUT2D eigenvalue weighted by atomic mass is 19.3. The quantitative estimate of drug-likeness (QED) is 0.738. The number of benzene rings is 1. The molecule has 0 heterocycles. The summed E-state index contributed by atoms with van der Waals surface area (Å²) in [6.45, 7) is 0. The molecule has 0 N–H and O–H groups in total. The number of carbonyl (C=O) groups is 1. The van der Waals surface area contributed by atoms with Gasteiger partial charge in [0.05, 0.1) is 5.41 Å². The second kappa shape index (κ2) is 3.40. The Morgan fingerprint density at radius 1 is 1.36 bits per heavy atom. The minimum absolute atomic E-state index is 0.573. The van der Waals surface area contributed by atoms with E-state index in [1.807, 2.05) is 30.3 Å². The lowest BCUT2D eigenvalue weighted by atomic mass is 9.97. The van der Waals surface area contributed by atoms with E-state index in [0.29, 0.717) is 6.42 Å². The smallest absolute Gasteiger partial charge is 0.254 e. The van der Waals surface area contributed by atoms with E-state index in [9.17, 15) is 9.32 Å². The minimum Gasteiger partial charge on any atom is -0.254 e. The molecule has 0 saturated heterocycles. The summed E-state index contributed by atoms with van der Waals surface area (Å²) in [5.41, 5.74) is 0.478. The monoisotopic (exact) mass is 194 g/mol. The van der Waals surface area contributed by atoms with Crippen LogP contribution in [0.1, 0.15) is 18.4 Å². The van der Waals surface area contributed by atoms with Crippen molar-refractivity contribution in [2.75, 3.05) is 0 Å². The molecule has 0 radical (unpaired) electrons. The molecule has 1 aliphatic rings. The first kappa shape index (κ1) is 9.19. The molecule has 1 aromatic carbocycles. The zero-order valence-corrected chi connectivity index (χ0v) is 7.70. The fourth-order valence-electron chi connectivity index (χ4n) is 1.67. The maximum Gasteiger partial charge on any atom is 0.355 e.